The Bertz CT molecular complexity index is 708. The van der Waals surface area contributed by atoms with E-state index in [9.17, 15) is 9.59 Å². The average molecular weight is 266 g/mol. The molecule has 0 aromatic carbocycles. The Morgan fingerprint density at radius 3 is 2.58 bits per heavy atom. The minimum absolute atomic E-state index is 0.261. The van der Waals surface area contributed by atoms with Gasteiger partial charge in [-0.1, -0.05) is 0 Å². The Balaban J connectivity index is 2.41. The number of aromatic amines is 1. The summed E-state index contributed by atoms with van der Waals surface area (Å²) >= 11 is 0. The van der Waals surface area contributed by atoms with E-state index in [1.807, 2.05) is 19.0 Å². The number of likely N-dealkylation sites (N-methyl/N-ethyl adjacent to an activating group) is 1. The number of hydrogen-bond acceptors (Lipinski definition) is 5. The molecule has 2 aromatic rings. The number of nitrogens with zero attached hydrogens (tertiary/aromatic N) is 4. The van der Waals surface area contributed by atoms with E-state index in [1.165, 1.54) is 11.6 Å². The normalized spacial score (nSPS) is 11.4. The number of rotatable bonds is 4. The Kier molecular flexibility index (Phi) is 3.43. The Morgan fingerprint density at radius 1 is 1.26 bits per heavy atom. The Morgan fingerprint density at radius 2 is 1.95 bits per heavy atom. The van der Waals surface area contributed by atoms with Gasteiger partial charge in [-0.25, -0.2) is 9.78 Å². The fourth-order valence-electron chi connectivity index (χ4n) is 1.80. The number of anilines is 1. The zero-order valence-electron chi connectivity index (χ0n) is 11.5. The quantitative estimate of drug-likeness (QED) is 0.736. The summed E-state index contributed by atoms with van der Waals surface area (Å²) in [7, 11) is 6.99. The van der Waals surface area contributed by atoms with Gasteiger partial charge in [0, 0.05) is 27.2 Å². The van der Waals surface area contributed by atoms with Crippen LogP contribution in [0.15, 0.2) is 9.59 Å². The first kappa shape index (κ1) is 13.3. The number of fused-ring (bicyclic) bond motifs is 1. The molecule has 2 N–H and O–H groups in total. The molecular formula is C11H18N6O2. The average Bonchev–Trinajstić information content (AvgIpc) is 2.77. The van der Waals surface area contributed by atoms with Crippen molar-refractivity contribution in [3.63, 3.8) is 0 Å². The lowest BCUT2D eigenvalue weighted by Gasteiger charge is -2.08. The van der Waals surface area contributed by atoms with Crippen LogP contribution in [-0.4, -0.2) is 51.2 Å². The third-order valence-corrected chi connectivity index (χ3v) is 2.95. The van der Waals surface area contributed by atoms with Gasteiger partial charge >= 0.3 is 5.69 Å². The maximum absolute atomic E-state index is 11.9. The monoisotopic (exact) mass is 266 g/mol. The second kappa shape index (κ2) is 4.88. The summed E-state index contributed by atoms with van der Waals surface area (Å²) in [6, 6.07) is 0. The van der Waals surface area contributed by atoms with E-state index in [-0.39, 0.29) is 11.2 Å². The lowest BCUT2D eigenvalue weighted by molar-refractivity contribution is 0.425. The van der Waals surface area contributed by atoms with Crippen LogP contribution in [0.1, 0.15) is 0 Å². The number of nitrogens with one attached hydrogen (secondary N) is 2. The van der Waals surface area contributed by atoms with E-state index in [0.717, 1.165) is 11.1 Å². The molecule has 0 atom stereocenters. The van der Waals surface area contributed by atoms with Crippen LogP contribution < -0.4 is 16.6 Å². The van der Waals surface area contributed by atoms with Crippen LogP contribution in [-0.2, 0) is 14.1 Å². The molecule has 2 heterocycles. The third kappa shape index (κ3) is 2.39. The molecule has 104 valence electrons. The number of hydrogen-bond donors (Lipinski definition) is 2. The highest BCUT2D eigenvalue weighted by Gasteiger charge is 2.12. The standard InChI is InChI=1S/C11H18N6O2/c1-15(2)6-5-12-10-13-7-8(14-10)16(3)11(19)17(4)9(7)18/h5-6H2,1-4H3,(H2,12,13,14). The molecule has 19 heavy (non-hydrogen) atoms. The molecule has 0 fully saturated rings. The predicted octanol–water partition coefficient (Wildman–Crippen LogP) is -1.07. The molecule has 2 aromatic heterocycles. The van der Waals surface area contributed by atoms with E-state index in [0.29, 0.717) is 18.1 Å². The van der Waals surface area contributed by atoms with Gasteiger partial charge in [-0.15, -0.1) is 0 Å². The molecule has 0 spiro atoms. The summed E-state index contributed by atoms with van der Waals surface area (Å²) in [6.45, 7) is 1.54. The molecule has 8 heteroatoms. The first-order valence-corrected chi connectivity index (χ1v) is 5.96. The second-order valence-corrected chi connectivity index (χ2v) is 4.72. The zero-order valence-corrected chi connectivity index (χ0v) is 11.5. The summed E-state index contributed by atoms with van der Waals surface area (Å²) in [5.74, 6) is 0.496. The highest BCUT2D eigenvalue weighted by atomic mass is 16.2. The molecule has 0 aliphatic rings. The summed E-state index contributed by atoms with van der Waals surface area (Å²) < 4.78 is 2.42. The van der Waals surface area contributed by atoms with Crippen molar-refractivity contribution in [3.05, 3.63) is 20.8 Å². The number of aryl methyl sites for hydroxylation is 1. The Hall–Kier alpha value is -2.09. The molecule has 0 saturated heterocycles. The lowest BCUT2D eigenvalue weighted by atomic mass is 10.5. The molecule has 0 aliphatic heterocycles. The van der Waals surface area contributed by atoms with Gasteiger partial charge in [0.1, 0.15) is 5.65 Å². The first-order chi connectivity index (χ1) is 8.91. The summed E-state index contributed by atoms with van der Waals surface area (Å²) in [5, 5.41) is 3.09. The van der Waals surface area contributed by atoms with E-state index in [1.54, 1.807) is 7.05 Å². The number of imidazole rings is 1. The zero-order chi connectivity index (χ0) is 14.2. The van der Waals surface area contributed by atoms with Crippen molar-refractivity contribution < 1.29 is 0 Å². The minimum atomic E-state index is -0.394. The van der Waals surface area contributed by atoms with Crippen molar-refractivity contribution in [2.75, 3.05) is 32.5 Å². The van der Waals surface area contributed by atoms with E-state index in [2.05, 4.69) is 15.3 Å². The van der Waals surface area contributed by atoms with Gasteiger partial charge in [0.2, 0.25) is 5.95 Å². The van der Waals surface area contributed by atoms with Crippen LogP contribution in [0.25, 0.3) is 11.2 Å². The Labute approximate surface area is 109 Å². The van der Waals surface area contributed by atoms with Gasteiger partial charge in [-0.2, -0.15) is 0 Å². The summed E-state index contributed by atoms with van der Waals surface area (Å²) in [4.78, 5) is 32.9. The molecular weight excluding hydrogens is 248 g/mol. The van der Waals surface area contributed by atoms with Gasteiger partial charge in [0.05, 0.1) is 0 Å². The van der Waals surface area contributed by atoms with E-state index >= 15 is 0 Å². The van der Waals surface area contributed by atoms with Gasteiger partial charge in [-0.3, -0.25) is 13.9 Å². The number of H-pyrrole nitrogens is 1. The molecule has 0 saturated carbocycles. The van der Waals surface area contributed by atoms with Crippen LogP contribution in [0.4, 0.5) is 5.95 Å². The van der Waals surface area contributed by atoms with Crippen LogP contribution in [0, 0.1) is 0 Å². The maximum atomic E-state index is 11.9. The number of aromatic nitrogens is 4. The summed E-state index contributed by atoms with van der Waals surface area (Å²) in [5.41, 5.74) is -0.0755. The third-order valence-electron chi connectivity index (χ3n) is 2.95. The smallest absolute Gasteiger partial charge is 0.332 e. The van der Waals surface area contributed by atoms with Crippen LogP contribution in [0.5, 0.6) is 0 Å². The van der Waals surface area contributed by atoms with Gasteiger partial charge < -0.3 is 15.2 Å². The summed E-state index contributed by atoms with van der Waals surface area (Å²) in [6.07, 6.45) is 0. The van der Waals surface area contributed by atoms with Crippen LogP contribution in [0.2, 0.25) is 0 Å². The molecule has 0 bridgehead atoms. The van der Waals surface area contributed by atoms with Crippen molar-refractivity contribution in [2.45, 2.75) is 0 Å². The molecule has 0 radical (unpaired) electrons. The fourth-order valence-corrected chi connectivity index (χ4v) is 1.80. The minimum Gasteiger partial charge on any atom is -0.354 e. The predicted molar refractivity (Wildman–Crippen MR) is 73.6 cm³/mol. The molecule has 0 aliphatic carbocycles. The molecule has 0 unspecified atom stereocenters. The molecule has 2 rings (SSSR count). The van der Waals surface area contributed by atoms with Crippen LogP contribution >= 0.6 is 0 Å². The van der Waals surface area contributed by atoms with Crippen LogP contribution in [0.3, 0.4) is 0 Å². The lowest BCUT2D eigenvalue weighted by Crippen LogP contribution is -2.36. The van der Waals surface area contributed by atoms with Gasteiger partial charge in [0.25, 0.3) is 5.56 Å². The van der Waals surface area contributed by atoms with Gasteiger partial charge in [-0.05, 0) is 14.1 Å². The fraction of sp³-hybridized carbons (Fsp3) is 0.545. The molecule has 8 nitrogen and oxygen atoms in total. The second-order valence-electron chi connectivity index (χ2n) is 4.72. The van der Waals surface area contributed by atoms with Crippen molar-refractivity contribution in [2.24, 2.45) is 14.1 Å². The van der Waals surface area contributed by atoms with Crippen molar-refractivity contribution in [3.8, 4) is 0 Å². The van der Waals surface area contributed by atoms with Crippen molar-refractivity contribution >= 4 is 17.1 Å². The largest absolute Gasteiger partial charge is 0.354 e. The van der Waals surface area contributed by atoms with Crippen molar-refractivity contribution in [1.29, 1.82) is 0 Å². The highest BCUT2D eigenvalue weighted by molar-refractivity contribution is 5.72. The topological polar surface area (TPSA) is 87.9 Å². The molecule has 0 amide bonds. The van der Waals surface area contributed by atoms with Gasteiger partial charge in [0.15, 0.2) is 5.52 Å². The maximum Gasteiger partial charge on any atom is 0.332 e. The van der Waals surface area contributed by atoms with Crippen molar-refractivity contribution in [1.82, 2.24) is 24.0 Å². The SMILES string of the molecule is CN(C)CCNc1nc2c(=O)n(C)c(=O)n(C)c2[nH]1. The first-order valence-electron chi connectivity index (χ1n) is 5.96. The van der Waals surface area contributed by atoms with E-state index in [4.69, 9.17) is 0 Å². The van der Waals surface area contributed by atoms with E-state index < -0.39 is 5.56 Å². The highest BCUT2D eigenvalue weighted by Crippen LogP contribution is 2.07.